The van der Waals surface area contributed by atoms with Crippen molar-refractivity contribution < 1.29 is 14.0 Å². The topological polar surface area (TPSA) is 83.4 Å². The molecule has 0 aliphatic heterocycles. The summed E-state index contributed by atoms with van der Waals surface area (Å²) in [6.45, 7) is 0. The molecule has 3 rings (SSSR count). The summed E-state index contributed by atoms with van der Waals surface area (Å²) in [5.74, 6) is 2.13. The highest BCUT2D eigenvalue weighted by atomic mass is 32.1. The molecule has 0 aliphatic carbocycles. The Balaban J connectivity index is 1.98. The highest BCUT2D eigenvalue weighted by Gasteiger charge is 2.15. The van der Waals surface area contributed by atoms with Gasteiger partial charge in [0.05, 0.1) is 19.9 Å². The van der Waals surface area contributed by atoms with Gasteiger partial charge in [-0.15, -0.1) is 11.3 Å². The Labute approximate surface area is 125 Å². The number of nitrogens with two attached hydrogens (primary N) is 1. The average Bonchev–Trinajstić information content (AvgIpc) is 3.15. The Kier molecular flexibility index (Phi) is 3.49. The van der Waals surface area contributed by atoms with Crippen molar-refractivity contribution in [2.24, 2.45) is 0 Å². The van der Waals surface area contributed by atoms with Crippen LogP contribution < -0.4 is 15.2 Å². The molecule has 3 aromatic rings. The van der Waals surface area contributed by atoms with Crippen LogP contribution in [0.1, 0.15) is 0 Å². The average molecular weight is 303 g/mol. The van der Waals surface area contributed by atoms with E-state index in [0.29, 0.717) is 28.9 Å². The number of hydrogen-bond acceptors (Lipinski definition) is 7. The van der Waals surface area contributed by atoms with Crippen LogP contribution in [0, 0.1) is 0 Å². The van der Waals surface area contributed by atoms with Gasteiger partial charge in [0, 0.05) is 5.56 Å². The predicted molar refractivity (Wildman–Crippen MR) is 80.6 cm³/mol. The molecule has 108 valence electrons. The Hall–Kier alpha value is -2.54. The summed E-state index contributed by atoms with van der Waals surface area (Å²) in [6, 6.07) is 7.24. The van der Waals surface area contributed by atoms with Gasteiger partial charge in [0.25, 0.3) is 5.89 Å². The summed E-state index contributed by atoms with van der Waals surface area (Å²) >= 11 is 1.46. The summed E-state index contributed by atoms with van der Waals surface area (Å²) < 4.78 is 15.7. The number of rotatable bonds is 4. The molecule has 0 radical (unpaired) electrons. The van der Waals surface area contributed by atoms with Gasteiger partial charge in [-0.1, -0.05) is 5.16 Å². The second kappa shape index (κ2) is 5.45. The zero-order chi connectivity index (χ0) is 14.8. The van der Waals surface area contributed by atoms with E-state index in [4.69, 9.17) is 19.7 Å². The Bertz CT molecular complexity index is 766. The molecular formula is C14H13N3O3S. The Morgan fingerprint density at radius 2 is 1.95 bits per heavy atom. The van der Waals surface area contributed by atoms with Crippen LogP contribution in [0.2, 0.25) is 0 Å². The summed E-state index contributed by atoms with van der Waals surface area (Å²) in [4.78, 5) is 5.14. The van der Waals surface area contributed by atoms with Gasteiger partial charge in [-0.3, -0.25) is 0 Å². The van der Waals surface area contributed by atoms with Crippen molar-refractivity contribution in [3.05, 3.63) is 29.6 Å². The van der Waals surface area contributed by atoms with Gasteiger partial charge in [-0.05, 0) is 29.6 Å². The molecule has 2 N–H and O–H groups in total. The first-order valence-electron chi connectivity index (χ1n) is 6.12. The molecule has 7 heteroatoms. The molecule has 0 spiro atoms. The first kappa shape index (κ1) is 13.4. The minimum atomic E-state index is 0.410. The maximum absolute atomic E-state index is 5.85. The number of nitrogen functional groups attached to an aromatic ring is 1. The van der Waals surface area contributed by atoms with Crippen molar-refractivity contribution >= 4 is 17.0 Å². The Morgan fingerprint density at radius 3 is 2.62 bits per heavy atom. The van der Waals surface area contributed by atoms with Crippen LogP contribution >= 0.6 is 11.3 Å². The number of nitrogens with zero attached hydrogens (tertiary/aromatic N) is 2. The van der Waals surface area contributed by atoms with Crippen molar-refractivity contribution in [2.75, 3.05) is 20.0 Å². The van der Waals surface area contributed by atoms with Crippen LogP contribution in [-0.4, -0.2) is 24.4 Å². The van der Waals surface area contributed by atoms with Crippen LogP contribution in [0.4, 0.5) is 5.69 Å². The molecule has 0 unspecified atom stereocenters. The van der Waals surface area contributed by atoms with E-state index >= 15 is 0 Å². The van der Waals surface area contributed by atoms with Crippen LogP contribution in [0.15, 0.2) is 34.2 Å². The van der Waals surface area contributed by atoms with Gasteiger partial charge < -0.3 is 19.7 Å². The first-order valence-corrected chi connectivity index (χ1v) is 7.00. The summed E-state index contributed by atoms with van der Waals surface area (Å²) in [7, 11) is 3.17. The molecule has 0 saturated heterocycles. The van der Waals surface area contributed by atoms with Gasteiger partial charge in [-0.25, -0.2) is 0 Å². The van der Waals surface area contributed by atoms with Gasteiger partial charge in [0.1, 0.15) is 4.88 Å². The molecule has 0 amide bonds. The minimum Gasteiger partial charge on any atom is -0.493 e. The Morgan fingerprint density at radius 1 is 1.14 bits per heavy atom. The molecule has 0 saturated carbocycles. The molecule has 6 nitrogen and oxygen atoms in total. The number of hydrogen-bond donors (Lipinski definition) is 1. The number of benzene rings is 1. The minimum absolute atomic E-state index is 0.410. The predicted octanol–water partition coefficient (Wildman–Crippen LogP) is 3.06. The number of anilines is 1. The lowest BCUT2D eigenvalue weighted by Crippen LogP contribution is -1.91. The third-order valence-electron chi connectivity index (χ3n) is 2.96. The molecular weight excluding hydrogens is 290 g/mol. The summed E-state index contributed by atoms with van der Waals surface area (Å²) in [5.41, 5.74) is 7.25. The first-order chi connectivity index (χ1) is 10.2. The van der Waals surface area contributed by atoms with E-state index in [1.165, 1.54) is 11.3 Å². The smallest absolute Gasteiger partial charge is 0.270 e. The number of ether oxygens (including phenoxy) is 2. The fourth-order valence-corrected chi connectivity index (χ4v) is 2.64. The molecule has 2 heterocycles. The summed E-state index contributed by atoms with van der Waals surface area (Å²) in [6.07, 6.45) is 0. The molecule has 21 heavy (non-hydrogen) atoms. The van der Waals surface area contributed by atoms with Gasteiger partial charge in [-0.2, -0.15) is 4.98 Å². The molecule has 0 aliphatic rings. The fraction of sp³-hybridized carbons (Fsp3) is 0.143. The van der Waals surface area contributed by atoms with Crippen LogP contribution in [-0.2, 0) is 0 Å². The van der Waals surface area contributed by atoms with Crippen molar-refractivity contribution in [1.82, 2.24) is 10.1 Å². The van der Waals surface area contributed by atoms with Crippen molar-refractivity contribution in [2.45, 2.75) is 0 Å². The number of thiophene rings is 1. The van der Waals surface area contributed by atoms with Gasteiger partial charge in [0.2, 0.25) is 5.82 Å². The lowest BCUT2D eigenvalue weighted by atomic mass is 10.2. The standard InChI is InChI=1S/C14H13N3O3S/c1-18-10-4-3-8(7-11(10)19-2)13-16-14(20-17-13)12-9(15)5-6-21-12/h3-7H,15H2,1-2H3. The lowest BCUT2D eigenvalue weighted by molar-refractivity contribution is 0.355. The van der Waals surface area contributed by atoms with Crippen LogP contribution in [0.3, 0.4) is 0 Å². The molecule has 0 fully saturated rings. The zero-order valence-electron chi connectivity index (χ0n) is 11.5. The zero-order valence-corrected chi connectivity index (χ0v) is 12.3. The molecule has 2 aromatic heterocycles. The van der Waals surface area contributed by atoms with E-state index in [1.54, 1.807) is 32.4 Å². The maximum Gasteiger partial charge on any atom is 0.270 e. The number of aromatic nitrogens is 2. The van der Waals surface area contributed by atoms with E-state index in [0.717, 1.165) is 10.4 Å². The van der Waals surface area contributed by atoms with E-state index < -0.39 is 0 Å². The third-order valence-corrected chi connectivity index (χ3v) is 3.88. The third kappa shape index (κ3) is 2.43. The van der Waals surface area contributed by atoms with Crippen LogP contribution in [0.5, 0.6) is 11.5 Å². The van der Waals surface area contributed by atoms with Crippen molar-refractivity contribution in [3.8, 4) is 33.7 Å². The van der Waals surface area contributed by atoms with E-state index in [1.807, 2.05) is 11.4 Å². The number of methoxy groups -OCH3 is 2. The largest absolute Gasteiger partial charge is 0.493 e. The second-order valence-electron chi connectivity index (χ2n) is 4.20. The van der Waals surface area contributed by atoms with E-state index in [9.17, 15) is 0 Å². The normalized spacial score (nSPS) is 10.6. The monoisotopic (exact) mass is 303 g/mol. The second-order valence-corrected chi connectivity index (χ2v) is 5.11. The molecule has 0 bridgehead atoms. The lowest BCUT2D eigenvalue weighted by Gasteiger charge is -2.07. The molecule has 0 atom stereocenters. The fourth-order valence-electron chi connectivity index (χ4n) is 1.90. The highest BCUT2D eigenvalue weighted by Crippen LogP contribution is 2.34. The molecule has 1 aromatic carbocycles. The van der Waals surface area contributed by atoms with Gasteiger partial charge in [0.15, 0.2) is 11.5 Å². The van der Waals surface area contributed by atoms with E-state index in [-0.39, 0.29) is 0 Å². The summed E-state index contributed by atoms with van der Waals surface area (Å²) in [5, 5.41) is 5.86. The van der Waals surface area contributed by atoms with Crippen molar-refractivity contribution in [1.29, 1.82) is 0 Å². The van der Waals surface area contributed by atoms with Gasteiger partial charge >= 0.3 is 0 Å². The van der Waals surface area contributed by atoms with Crippen LogP contribution in [0.25, 0.3) is 22.2 Å². The van der Waals surface area contributed by atoms with E-state index in [2.05, 4.69) is 10.1 Å². The SMILES string of the molecule is COc1ccc(-c2noc(-c3sccc3N)n2)cc1OC. The van der Waals surface area contributed by atoms with Crippen molar-refractivity contribution in [3.63, 3.8) is 0 Å². The quantitative estimate of drug-likeness (QED) is 0.797. The maximum atomic E-state index is 5.85. The highest BCUT2D eigenvalue weighted by molar-refractivity contribution is 7.14.